The molecule has 0 heterocycles. The number of hydrogen-bond donors (Lipinski definition) is 6. The van der Waals surface area contributed by atoms with Crippen LogP contribution in [0.15, 0.2) is 107 Å². The Labute approximate surface area is 358 Å². The Morgan fingerprint density at radius 2 is 1.47 bits per heavy atom. The third kappa shape index (κ3) is 12.5. The number of aromatic hydroxyl groups is 1. The van der Waals surface area contributed by atoms with Crippen LogP contribution in [-0.2, 0) is 65.9 Å². The molecular weight excluding hydrogens is 949 g/mol. The molecule has 7 N–H and O–H groups in total. The summed E-state index contributed by atoms with van der Waals surface area (Å²) in [6.45, 7) is 0.262. The average Bonchev–Trinajstić information content (AvgIpc) is 3.17. The number of nitrogens with zero attached hydrogens (tertiary/aromatic N) is 5. The smallest absolute Gasteiger partial charge is 0.446 e. The number of fused-ring (bicyclic) bond motifs is 2. The second-order valence-electron chi connectivity index (χ2n) is 12.1. The first kappa shape index (κ1) is 49.1. The SMILES string of the molecule is CN(C)CCS(=O)(=O)c1ccc(N=Nc2c(S(=O)(=O)O)cc3cc(SOOO)c(N=Nc4ccc5cc(OS(=O)(=O)O)ccc5c4S(=O)(=O)O)c(O)c3c2N)cc1.O=C=C=S=O. The van der Waals surface area contributed by atoms with Gasteiger partial charge in [-0.15, -0.1) is 19.7 Å². The van der Waals surface area contributed by atoms with E-state index in [0.717, 1.165) is 36.4 Å². The molecule has 5 rings (SSSR count). The third-order valence-corrected chi connectivity index (χ3v) is 12.4. The minimum absolute atomic E-state index is 0.00824. The molecule has 0 saturated carbocycles. The van der Waals surface area contributed by atoms with Crippen molar-refractivity contribution in [2.45, 2.75) is 19.6 Å². The van der Waals surface area contributed by atoms with Gasteiger partial charge in [-0.05, 0) is 85.5 Å². The number of nitrogen functional groups attached to an aromatic ring is 1. The number of sulfone groups is 1. The molecule has 0 radical (unpaired) electrons. The maximum absolute atomic E-state index is 12.7. The van der Waals surface area contributed by atoms with E-state index in [9.17, 15) is 47.9 Å². The van der Waals surface area contributed by atoms with Gasteiger partial charge >= 0.3 is 10.4 Å². The monoisotopic (exact) mass is 976 g/mol. The predicted octanol–water partition coefficient (Wildman–Crippen LogP) is 4.54. The van der Waals surface area contributed by atoms with E-state index < -0.39 is 84.5 Å². The highest BCUT2D eigenvalue weighted by atomic mass is 32.3. The fourth-order valence-corrected chi connectivity index (χ4v) is 8.96. The van der Waals surface area contributed by atoms with Gasteiger partial charge in [0.1, 0.15) is 32.6 Å². The Kier molecular flexibility index (Phi) is 15.9. The number of rotatable bonds is 15. The second kappa shape index (κ2) is 20.1. The number of benzene rings is 5. The molecular formula is C32H28N6O18S6. The molecule has 0 spiro atoms. The Balaban J connectivity index is 0.00000160. The Hall–Kier alpha value is -5.53. The zero-order chi connectivity index (χ0) is 46.2. The molecule has 0 unspecified atom stereocenters. The zero-order valence-electron chi connectivity index (χ0n) is 31.1. The molecule has 0 saturated heterocycles. The van der Waals surface area contributed by atoms with Crippen LogP contribution in [-0.4, -0.2) is 104 Å². The first-order chi connectivity index (χ1) is 28.9. The lowest BCUT2D eigenvalue weighted by Crippen LogP contribution is -2.21. The van der Waals surface area contributed by atoms with Crippen LogP contribution in [0.4, 0.5) is 28.4 Å². The van der Waals surface area contributed by atoms with Gasteiger partial charge in [0.2, 0.25) is 0 Å². The predicted molar refractivity (Wildman–Crippen MR) is 221 cm³/mol. The van der Waals surface area contributed by atoms with Crippen LogP contribution in [0, 0.1) is 0 Å². The quantitative estimate of drug-likeness (QED) is 0.0122. The second-order valence-corrected chi connectivity index (χ2v) is 19.1. The lowest BCUT2D eigenvalue weighted by Gasteiger charge is -2.14. The number of phenolic OH excluding ortho intramolecular Hbond substituents is 1. The number of anilines is 1. The minimum atomic E-state index is -5.12. The molecule has 0 aliphatic rings. The maximum atomic E-state index is 12.7. The standard InChI is InChI=1S/C30H28N6O16S5.C2O2S/c1-36(2)11-12-54(39,40)20-7-4-18(5-8-20)32-35-28-24(55(41,42)43)15-17-14-23(53-52-51-38)27(29(37)25(17)26(28)31)34-33-22-10-3-16-13-19(50-57(47,48)49)6-9-21(16)30(22)56(44,45)46;3-1-2-5-4/h3-10,13-15,37-38H,11-12,31H2,1-2H3,(H,41,42,43)(H,44,45,46)(H,47,48,49);. The molecule has 30 heteroatoms. The Morgan fingerprint density at radius 1 is 0.806 bits per heavy atom. The summed E-state index contributed by atoms with van der Waals surface area (Å²) in [5.41, 5.74) is 3.97. The number of carbonyl (C=O) groups excluding carboxylic acids is 1. The van der Waals surface area contributed by atoms with Gasteiger partial charge < -0.3 is 19.9 Å². The lowest BCUT2D eigenvalue weighted by atomic mass is 10.1. The molecule has 0 aliphatic heterocycles. The van der Waals surface area contributed by atoms with Crippen LogP contribution in [0.3, 0.4) is 0 Å². The van der Waals surface area contributed by atoms with E-state index in [1.165, 1.54) is 36.3 Å². The molecule has 0 aliphatic carbocycles. The summed E-state index contributed by atoms with van der Waals surface area (Å²) in [7, 11) is -15.4. The summed E-state index contributed by atoms with van der Waals surface area (Å²) in [6, 6.07) is 12.3. The molecule has 62 heavy (non-hydrogen) atoms. The van der Waals surface area contributed by atoms with E-state index in [-0.39, 0.29) is 72.6 Å². The lowest BCUT2D eigenvalue weighted by molar-refractivity contribution is -0.432. The van der Waals surface area contributed by atoms with Crippen LogP contribution >= 0.6 is 12.0 Å². The summed E-state index contributed by atoms with van der Waals surface area (Å²) in [5.74, 6) is -0.285. The number of hydrogen-bond acceptors (Lipinski definition) is 22. The first-order valence-corrected chi connectivity index (χ1v) is 23.5. The molecule has 0 fully saturated rings. The molecule has 5 aromatic rings. The van der Waals surface area contributed by atoms with E-state index in [0.29, 0.717) is 0 Å². The van der Waals surface area contributed by atoms with E-state index in [1.54, 1.807) is 24.0 Å². The van der Waals surface area contributed by atoms with Crippen molar-refractivity contribution in [1.29, 1.82) is 0 Å². The third-order valence-electron chi connectivity index (χ3n) is 7.74. The highest BCUT2D eigenvalue weighted by Crippen LogP contribution is 2.50. The van der Waals surface area contributed by atoms with Gasteiger partial charge in [-0.2, -0.15) is 30.4 Å². The Morgan fingerprint density at radius 3 is 2.02 bits per heavy atom. The van der Waals surface area contributed by atoms with Gasteiger partial charge in [0.25, 0.3) is 20.2 Å². The van der Waals surface area contributed by atoms with Gasteiger partial charge in [-0.3, -0.25) is 13.7 Å². The minimum Gasteiger partial charge on any atom is -0.505 e. The van der Waals surface area contributed by atoms with Crippen molar-refractivity contribution >= 4 is 125 Å². The average molecular weight is 977 g/mol. The van der Waals surface area contributed by atoms with Crippen molar-refractivity contribution < 1.29 is 80.3 Å². The summed E-state index contributed by atoms with van der Waals surface area (Å²) in [5, 5.41) is 40.4. The molecule has 330 valence electrons. The summed E-state index contributed by atoms with van der Waals surface area (Å²) in [4.78, 5) is 8.61. The Bertz CT molecular complexity index is 3170. The highest BCUT2D eigenvalue weighted by Gasteiger charge is 2.26. The summed E-state index contributed by atoms with van der Waals surface area (Å²) >= 11 is 0.169. The van der Waals surface area contributed by atoms with Crippen LogP contribution in [0.1, 0.15) is 0 Å². The van der Waals surface area contributed by atoms with Crippen LogP contribution in [0.5, 0.6) is 11.5 Å². The van der Waals surface area contributed by atoms with Crippen molar-refractivity contribution in [3.8, 4) is 11.5 Å². The van der Waals surface area contributed by atoms with Crippen LogP contribution in [0.2, 0.25) is 0 Å². The molecule has 0 amide bonds. The van der Waals surface area contributed by atoms with E-state index >= 15 is 0 Å². The molecule has 24 nitrogen and oxygen atoms in total. The fourth-order valence-electron chi connectivity index (χ4n) is 5.18. The van der Waals surface area contributed by atoms with Crippen LogP contribution < -0.4 is 9.92 Å². The van der Waals surface area contributed by atoms with Crippen molar-refractivity contribution in [2.75, 3.05) is 32.1 Å². The van der Waals surface area contributed by atoms with Crippen LogP contribution in [0.25, 0.3) is 21.5 Å². The number of nitrogens with two attached hydrogens (primary N) is 1. The van der Waals surface area contributed by atoms with Gasteiger partial charge in [0.15, 0.2) is 32.8 Å². The summed E-state index contributed by atoms with van der Waals surface area (Å²) < 4.78 is 145. The zero-order valence-corrected chi connectivity index (χ0v) is 36.0. The van der Waals surface area contributed by atoms with E-state index in [1.807, 2.05) is 0 Å². The van der Waals surface area contributed by atoms with Crippen molar-refractivity contribution in [2.24, 2.45) is 20.5 Å². The molecule has 0 aromatic heterocycles. The van der Waals surface area contributed by atoms with Gasteiger partial charge in [0.05, 0.1) is 49.4 Å². The first-order valence-electron chi connectivity index (χ1n) is 16.1. The van der Waals surface area contributed by atoms with E-state index in [2.05, 4.69) is 34.0 Å². The molecule has 0 bridgehead atoms. The molecule has 0 atom stereocenters. The van der Waals surface area contributed by atoms with Crippen molar-refractivity contribution in [1.82, 2.24) is 4.90 Å². The van der Waals surface area contributed by atoms with Gasteiger partial charge in [-0.25, -0.2) is 22.7 Å². The largest absolute Gasteiger partial charge is 0.505 e. The van der Waals surface area contributed by atoms with Gasteiger partial charge in [-0.1, -0.05) is 11.1 Å². The number of phenols is 1. The maximum Gasteiger partial charge on any atom is 0.446 e. The fraction of sp³-hybridized carbons (Fsp3) is 0.125. The summed E-state index contributed by atoms with van der Waals surface area (Å²) in [6.07, 6.45) is 0. The topological polar surface area (TPSA) is 378 Å². The number of azo groups is 2. The van der Waals surface area contributed by atoms with E-state index in [4.69, 9.17) is 24.5 Å². The molecule has 5 aromatic carbocycles. The van der Waals surface area contributed by atoms with Crippen molar-refractivity contribution in [3.05, 3.63) is 66.7 Å². The van der Waals surface area contributed by atoms with Crippen molar-refractivity contribution in [3.63, 3.8) is 0 Å². The highest BCUT2D eigenvalue weighted by molar-refractivity contribution is 7.94. The normalized spacial score (nSPS) is 12.4. The van der Waals surface area contributed by atoms with Gasteiger partial charge in [0, 0.05) is 11.9 Å².